The van der Waals surface area contributed by atoms with Gasteiger partial charge in [0.1, 0.15) is 21.4 Å². The van der Waals surface area contributed by atoms with Crippen LogP contribution in [-0.4, -0.2) is 43.8 Å². The Morgan fingerprint density at radius 2 is 2.10 bits per heavy atom. The van der Waals surface area contributed by atoms with E-state index < -0.39 is 5.97 Å². The van der Waals surface area contributed by atoms with Gasteiger partial charge in [-0.25, -0.2) is 4.79 Å². The van der Waals surface area contributed by atoms with E-state index in [1.807, 2.05) is 0 Å². The predicted octanol–water partition coefficient (Wildman–Crippen LogP) is 3.30. The van der Waals surface area contributed by atoms with Crippen LogP contribution in [0.4, 0.5) is 5.69 Å². The minimum atomic E-state index is -1.30. The normalized spacial score (nSPS) is 15.2. The first-order valence-corrected chi connectivity index (χ1v) is 9.72. The van der Waals surface area contributed by atoms with Crippen LogP contribution in [0.2, 0.25) is 0 Å². The van der Waals surface area contributed by atoms with Crippen molar-refractivity contribution in [1.29, 1.82) is 0 Å². The van der Waals surface area contributed by atoms with Crippen molar-refractivity contribution in [3.63, 3.8) is 0 Å². The third kappa shape index (κ3) is 5.04. The number of carboxylic acids is 1. The Hall–Kier alpha value is -3.11. The molecule has 2 heterocycles. The van der Waals surface area contributed by atoms with Gasteiger partial charge in [0.25, 0.3) is 5.91 Å². The van der Waals surface area contributed by atoms with Crippen molar-refractivity contribution in [2.75, 3.05) is 11.9 Å². The van der Waals surface area contributed by atoms with E-state index in [2.05, 4.69) is 5.32 Å². The molecule has 29 heavy (non-hydrogen) atoms. The second-order valence-corrected chi connectivity index (χ2v) is 7.71. The number of carbonyl (C=O) groups excluding carboxylic acids is 2. The van der Waals surface area contributed by atoms with Gasteiger partial charge in [-0.15, -0.1) is 0 Å². The van der Waals surface area contributed by atoms with Gasteiger partial charge in [-0.3, -0.25) is 14.5 Å². The molecule has 1 aromatic heterocycles. The summed E-state index contributed by atoms with van der Waals surface area (Å²) < 4.78 is 5.62. The molecule has 3 N–H and O–H groups in total. The second kappa shape index (κ2) is 8.93. The zero-order valence-corrected chi connectivity index (χ0v) is 16.6. The molecule has 3 rings (SSSR count). The number of anilines is 1. The number of carboxylic acid groups (broad SMARTS) is 1. The Bertz CT molecular complexity index is 1000. The molecule has 0 saturated carbocycles. The Kier molecular flexibility index (Phi) is 6.35. The number of furan rings is 1. The Balaban J connectivity index is 1.53. The molecule has 0 atom stereocenters. The largest absolute Gasteiger partial charge is 0.507 e. The van der Waals surface area contributed by atoms with Crippen LogP contribution in [0.1, 0.15) is 29.0 Å². The van der Waals surface area contributed by atoms with Gasteiger partial charge >= 0.3 is 5.97 Å². The fraction of sp³-hybridized carbons (Fsp3) is 0.158. The number of nitrogens with one attached hydrogen (secondary N) is 1. The summed E-state index contributed by atoms with van der Waals surface area (Å²) in [7, 11) is 0. The number of aromatic carboxylic acids is 1. The lowest BCUT2D eigenvalue weighted by atomic mass is 10.1. The van der Waals surface area contributed by atoms with E-state index in [-0.39, 0.29) is 41.8 Å². The highest BCUT2D eigenvalue weighted by Crippen LogP contribution is 2.32. The topological polar surface area (TPSA) is 120 Å². The molecule has 1 aliphatic heterocycles. The zero-order valence-electron chi connectivity index (χ0n) is 15.0. The molecule has 1 saturated heterocycles. The van der Waals surface area contributed by atoms with Crippen LogP contribution in [0.15, 0.2) is 45.9 Å². The van der Waals surface area contributed by atoms with Crippen molar-refractivity contribution in [2.24, 2.45) is 0 Å². The van der Waals surface area contributed by atoms with Crippen LogP contribution in [-0.2, 0) is 9.59 Å². The molecule has 2 aromatic rings. The van der Waals surface area contributed by atoms with Crippen LogP contribution >= 0.6 is 24.0 Å². The van der Waals surface area contributed by atoms with Gasteiger partial charge in [-0.1, -0.05) is 24.0 Å². The third-order valence-electron chi connectivity index (χ3n) is 3.99. The minimum Gasteiger partial charge on any atom is -0.507 e. The van der Waals surface area contributed by atoms with E-state index in [1.54, 1.807) is 18.2 Å². The standard InChI is InChI=1S/C19H16N2O6S2/c22-14-6-5-11(9-13(14)18(25)26)20-16(23)4-1-7-21-17(24)15(29-19(21)28)10-12-3-2-8-27-12/h2-3,5-6,8-10,22H,1,4,7H2,(H,20,23)(H,25,26)/b15-10+. The van der Waals surface area contributed by atoms with E-state index in [0.717, 1.165) is 0 Å². The second-order valence-electron chi connectivity index (χ2n) is 6.04. The minimum absolute atomic E-state index is 0.109. The van der Waals surface area contributed by atoms with Crippen molar-refractivity contribution < 1.29 is 29.0 Å². The van der Waals surface area contributed by atoms with E-state index in [9.17, 15) is 19.5 Å². The van der Waals surface area contributed by atoms with Crippen molar-refractivity contribution in [2.45, 2.75) is 12.8 Å². The van der Waals surface area contributed by atoms with Gasteiger partial charge in [0.15, 0.2) is 0 Å². The van der Waals surface area contributed by atoms with Gasteiger partial charge in [-0.05, 0) is 36.8 Å². The smallest absolute Gasteiger partial charge is 0.339 e. The number of aromatic hydroxyl groups is 1. The molecule has 0 bridgehead atoms. The van der Waals surface area contributed by atoms with Crippen LogP contribution in [0, 0.1) is 0 Å². The summed E-state index contributed by atoms with van der Waals surface area (Å²) in [5.41, 5.74) is -0.0408. The molecular formula is C19H16N2O6S2. The average Bonchev–Trinajstić information content (AvgIpc) is 3.27. The number of hydrogen-bond donors (Lipinski definition) is 3. The Morgan fingerprint density at radius 3 is 2.79 bits per heavy atom. The number of carbonyl (C=O) groups is 3. The summed E-state index contributed by atoms with van der Waals surface area (Å²) in [4.78, 5) is 37.5. The van der Waals surface area contributed by atoms with Crippen molar-refractivity contribution in [1.82, 2.24) is 4.90 Å². The summed E-state index contributed by atoms with van der Waals surface area (Å²) in [6.07, 6.45) is 3.61. The molecule has 0 radical (unpaired) electrons. The first kappa shape index (κ1) is 20.6. The van der Waals surface area contributed by atoms with Gasteiger partial charge < -0.3 is 19.9 Å². The zero-order chi connectivity index (χ0) is 21.0. The third-order valence-corrected chi connectivity index (χ3v) is 5.36. The average molecular weight is 432 g/mol. The van der Waals surface area contributed by atoms with Gasteiger partial charge in [0, 0.05) is 24.7 Å². The van der Waals surface area contributed by atoms with E-state index in [4.69, 9.17) is 21.7 Å². The SMILES string of the molecule is O=C(CCCN1C(=O)/C(=C\c2ccco2)SC1=S)Nc1ccc(O)c(C(=O)O)c1. The molecule has 0 unspecified atom stereocenters. The summed E-state index contributed by atoms with van der Waals surface area (Å²) in [5.74, 6) is -1.70. The number of benzene rings is 1. The molecule has 1 fully saturated rings. The molecule has 1 aromatic carbocycles. The molecule has 0 aliphatic carbocycles. The van der Waals surface area contributed by atoms with Crippen molar-refractivity contribution in [3.8, 4) is 5.75 Å². The van der Waals surface area contributed by atoms with E-state index in [1.165, 1.54) is 41.1 Å². The molecule has 0 spiro atoms. The monoisotopic (exact) mass is 432 g/mol. The number of nitrogens with zero attached hydrogens (tertiary/aromatic N) is 1. The maximum atomic E-state index is 12.5. The maximum absolute atomic E-state index is 12.5. The fourth-order valence-corrected chi connectivity index (χ4v) is 3.89. The molecule has 8 nitrogen and oxygen atoms in total. The molecule has 1 aliphatic rings. The Morgan fingerprint density at radius 1 is 1.31 bits per heavy atom. The lowest BCUT2D eigenvalue weighted by Gasteiger charge is -2.14. The molecule has 10 heteroatoms. The fourth-order valence-electron chi connectivity index (χ4n) is 2.60. The highest BCUT2D eigenvalue weighted by Gasteiger charge is 2.31. The summed E-state index contributed by atoms with van der Waals surface area (Å²) in [5, 5.41) is 21.1. The summed E-state index contributed by atoms with van der Waals surface area (Å²) in [6, 6.07) is 7.23. The number of thioether (sulfide) groups is 1. The Labute approximate surface area is 175 Å². The number of amides is 2. The highest BCUT2D eigenvalue weighted by atomic mass is 32.2. The molecule has 150 valence electrons. The van der Waals surface area contributed by atoms with Crippen LogP contribution < -0.4 is 5.32 Å². The number of hydrogen-bond acceptors (Lipinski definition) is 7. The van der Waals surface area contributed by atoms with Crippen LogP contribution in [0.5, 0.6) is 5.75 Å². The first-order chi connectivity index (χ1) is 13.8. The van der Waals surface area contributed by atoms with Crippen LogP contribution in [0.3, 0.4) is 0 Å². The number of thiocarbonyl (C=S) groups is 1. The maximum Gasteiger partial charge on any atom is 0.339 e. The van der Waals surface area contributed by atoms with Gasteiger partial charge in [-0.2, -0.15) is 0 Å². The van der Waals surface area contributed by atoms with Crippen molar-refractivity contribution >= 4 is 57.8 Å². The number of phenols is 1. The first-order valence-electron chi connectivity index (χ1n) is 8.50. The quantitative estimate of drug-likeness (QED) is 0.346. The lowest BCUT2D eigenvalue weighted by molar-refractivity contribution is -0.122. The highest BCUT2D eigenvalue weighted by molar-refractivity contribution is 8.26. The van der Waals surface area contributed by atoms with Crippen LogP contribution in [0.25, 0.3) is 6.08 Å². The summed E-state index contributed by atoms with van der Waals surface area (Å²) >= 11 is 6.42. The van der Waals surface area contributed by atoms with E-state index in [0.29, 0.717) is 21.4 Å². The van der Waals surface area contributed by atoms with Gasteiger partial charge in [0.05, 0.1) is 11.2 Å². The van der Waals surface area contributed by atoms with Crippen molar-refractivity contribution in [3.05, 3.63) is 52.8 Å². The van der Waals surface area contributed by atoms with E-state index >= 15 is 0 Å². The van der Waals surface area contributed by atoms with Gasteiger partial charge in [0.2, 0.25) is 5.91 Å². The predicted molar refractivity (Wildman–Crippen MR) is 112 cm³/mol. The molecule has 2 amide bonds. The summed E-state index contributed by atoms with van der Waals surface area (Å²) in [6.45, 7) is 0.281. The number of rotatable bonds is 7. The molecular weight excluding hydrogens is 416 g/mol. The lowest BCUT2D eigenvalue weighted by Crippen LogP contribution is -2.29.